The fraction of sp³-hybridized carbons (Fsp3) is 0.188. The van der Waals surface area contributed by atoms with Gasteiger partial charge in [0.05, 0.1) is 17.3 Å². The van der Waals surface area contributed by atoms with Crippen molar-refractivity contribution in [1.82, 2.24) is 15.6 Å². The Kier molecular flexibility index (Phi) is 6.05. The summed E-state index contributed by atoms with van der Waals surface area (Å²) in [5.74, 6) is -1.20. The molecule has 0 aliphatic rings. The van der Waals surface area contributed by atoms with E-state index in [9.17, 15) is 14.0 Å². The number of benzene rings is 1. The Bertz CT molecular complexity index is 695. The Morgan fingerprint density at radius 3 is 2.70 bits per heavy atom. The second-order valence-corrected chi connectivity index (χ2v) is 5.14. The molecule has 23 heavy (non-hydrogen) atoms. The molecule has 0 aliphatic heterocycles. The van der Waals surface area contributed by atoms with Gasteiger partial charge in [0.25, 0.3) is 5.91 Å². The SMILES string of the molecule is O=C(CCNC(=O)c1ccc(F)c(Cl)c1)NCc1ccccn1. The van der Waals surface area contributed by atoms with Crippen LogP contribution in [0.15, 0.2) is 42.6 Å². The predicted molar refractivity (Wildman–Crippen MR) is 84.4 cm³/mol. The minimum atomic E-state index is -0.586. The molecule has 1 aromatic carbocycles. The average molecular weight is 336 g/mol. The van der Waals surface area contributed by atoms with Gasteiger partial charge in [-0.05, 0) is 30.3 Å². The Morgan fingerprint density at radius 2 is 2.00 bits per heavy atom. The van der Waals surface area contributed by atoms with Crippen LogP contribution < -0.4 is 10.6 Å². The van der Waals surface area contributed by atoms with E-state index in [-0.39, 0.29) is 29.5 Å². The number of halogens is 2. The van der Waals surface area contributed by atoms with Crippen LogP contribution in [0.4, 0.5) is 4.39 Å². The van der Waals surface area contributed by atoms with Gasteiger partial charge in [0.1, 0.15) is 5.82 Å². The summed E-state index contributed by atoms with van der Waals surface area (Å²) in [5, 5.41) is 5.16. The second-order valence-electron chi connectivity index (χ2n) is 4.73. The lowest BCUT2D eigenvalue weighted by molar-refractivity contribution is -0.121. The molecule has 0 fully saturated rings. The van der Waals surface area contributed by atoms with Crippen molar-refractivity contribution in [3.05, 3.63) is 64.7 Å². The fourth-order valence-electron chi connectivity index (χ4n) is 1.81. The first-order valence-corrected chi connectivity index (χ1v) is 7.34. The van der Waals surface area contributed by atoms with Crippen LogP contribution in [0.5, 0.6) is 0 Å². The van der Waals surface area contributed by atoms with Gasteiger partial charge >= 0.3 is 0 Å². The Morgan fingerprint density at radius 1 is 1.17 bits per heavy atom. The molecule has 0 radical (unpaired) electrons. The number of hydrogen-bond acceptors (Lipinski definition) is 3. The van der Waals surface area contributed by atoms with E-state index >= 15 is 0 Å². The summed E-state index contributed by atoms with van der Waals surface area (Å²) in [7, 11) is 0. The van der Waals surface area contributed by atoms with Crippen LogP contribution in [0.25, 0.3) is 0 Å². The van der Waals surface area contributed by atoms with Gasteiger partial charge in [0.2, 0.25) is 5.91 Å². The zero-order valence-electron chi connectivity index (χ0n) is 12.2. The van der Waals surface area contributed by atoms with Crippen molar-refractivity contribution in [3.8, 4) is 0 Å². The number of amides is 2. The van der Waals surface area contributed by atoms with E-state index in [2.05, 4.69) is 15.6 Å². The van der Waals surface area contributed by atoms with Crippen molar-refractivity contribution in [2.45, 2.75) is 13.0 Å². The van der Waals surface area contributed by atoms with Crippen molar-refractivity contribution >= 4 is 23.4 Å². The van der Waals surface area contributed by atoms with Gasteiger partial charge in [-0.1, -0.05) is 17.7 Å². The van der Waals surface area contributed by atoms with E-state index in [4.69, 9.17) is 11.6 Å². The largest absolute Gasteiger partial charge is 0.352 e. The topological polar surface area (TPSA) is 71.1 Å². The van der Waals surface area contributed by atoms with Gasteiger partial charge in [-0.15, -0.1) is 0 Å². The summed E-state index contributed by atoms with van der Waals surface area (Å²) in [6.07, 6.45) is 1.78. The maximum Gasteiger partial charge on any atom is 0.251 e. The first-order valence-electron chi connectivity index (χ1n) is 6.96. The van der Waals surface area contributed by atoms with Crippen LogP contribution in [0.1, 0.15) is 22.5 Å². The molecule has 0 atom stereocenters. The molecule has 2 N–H and O–H groups in total. The Balaban J connectivity index is 1.72. The standard InChI is InChI=1S/C16H15ClFN3O2/c17-13-9-11(4-5-14(13)18)16(23)20-8-6-15(22)21-10-12-3-1-2-7-19-12/h1-5,7,9H,6,8,10H2,(H,20,23)(H,21,22). The Hall–Kier alpha value is -2.47. The summed E-state index contributed by atoms with van der Waals surface area (Å²) in [6.45, 7) is 0.503. The first-order chi connectivity index (χ1) is 11.1. The van der Waals surface area contributed by atoms with E-state index < -0.39 is 11.7 Å². The van der Waals surface area contributed by atoms with Gasteiger partial charge in [-0.25, -0.2) is 4.39 Å². The molecule has 7 heteroatoms. The molecule has 1 aromatic heterocycles. The Labute approximate surface area is 137 Å². The minimum absolute atomic E-state index is 0.120. The van der Waals surface area contributed by atoms with Crippen molar-refractivity contribution in [1.29, 1.82) is 0 Å². The molecule has 0 bridgehead atoms. The highest BCUT2D eigenvalue weighted by Crippen LogP contribution is 2.15. The number of aromatic nitrogens is 1. The zero-order valence-corrected chi connectivity index (χ0v) is 12.9. The third kappa shape index (κ3) is 5.34. The van der Waals surface area contributed by atoms with E-state index in [1.54, 1.807) is 18.3 Å². The zero-order chi connectivity index (χ0) is 16.7. The van der Waals surface area contributed by atoms with E-state index in [1.165, 1.54) is 12.1 Å². The van der Waals surface area contributed by atoms with Gasteiger partial charge in [-0.3, -0.25) is 14.6 Å². The molecular formula is C16H15ClFN3O2. The van der Waals surface area contributed by atoms with Gasteiger partial charge in [0, 0.05) is 24.7 Å². The highest BCUT2D eigenvalue weighted by Gasteiger charge is 2.09. The summed E-state index contributed by atoms with van der Waals surface area (Å²) >= 11 is 5.62. The molecule has 2 aromatic rings. The monoisotopic (exact) mass is 335 g/mol. The third-order valence-corrected chi connectivity index (χ3v) is 3.30. The highest BCUT2D eigenvalue weighted by atomic mass is 35.5. The summed E-state index contributed by atoms with van der Waals surface area (Å²) in [4.78, 5) is 27.6. The maximum atomic E-state index is 13.0. The molecule has 0 saturated carbocycles. The molecule has 1 heterocycles. The lowest BCUT2D eigenvalue weighted by atomic mass is 10.2. The van der Waals surface area contributed by atoms with Crippen molar-refractivity contribution < 1.29 is 14.0 Å². The van der Waals surface area contributed by atoms with E-state index in [1.807, 2.05) is 6.07 Å². The van der Waals surface area contributed by atoms with Gasteiger partial charge < -0.3 is 10.6 Å². The van der Waals surface area contributed by atoms with Gasteiger partial charge in [0.15, 0.2) is 0 Å². The van der Waals surface area contributed by atoms with Crippen LogP contribution >= 0.6 is 11.6 Å². The van der Waals surface area contributed by atoms with Crippen LogP contribution in [-0.2, 0) is 11.3 Å². The normalized spacial score (nSPS) is 10.2. The fourth-order valence-corrected chi connectivity index (χ4v) is 1.99. The molecule has 0 aliphatic carbocycles. The highest BCUT2D eigenvalue weighted by molar-refractivity contribution is 6.31. The van der Waals surface area contributed by atoms with Crippen molar-refractivity contribution in [3.63, 3.8) is 0 Å². The van der Waals surface area contributed by atoms with Crippen molar-refractivity contribution in [2.24, 2.45) is 0 Å². The lowest BCUT2D eigenvalue weighted by Gasteiger charge is -2.07. The summed E-state index contributed by atoms with van der Waals surface area (Å²) in [5.41, 5.74) is 0.996. The number of nitrogens with zero attached hydrogens (tertiary/aromatic N) is 1. The number of carbonyl (C=O) groups excluding carboxylic acids is 2. The summed E-state index contributed by atoms with van der Waals surface area (Å²) < 4.78 is 13.0. The van der Waals surface area contributed by atoms with E-state index in [0.29, 0.717) is 6.54 Å². The lowest BCUT2D eigenvalue weighted by Crippen LogP contribution is -2.30. The third-order valence-electron chi connectivity index (χ3n) is 3.01. The average Bonchev–Trinajstić information content (AvgIpc) is 2.56. The molecule has 0 unspecified atom stereocenters. The van der Waals surface area contributed by atoms with Gasteiger partial charge in [-0.2, -0.15) is 0 Å². The molecular weight excluding hydrogens is 321 g/mol. The van der Waals surface area contributed by atoms with Crippen LogP contribution in [0, 0.1) is 5.82 Å². The molecule has 0 saturated heterocycles. The smallest absolute Gasteiger partial charge is 0.251 e. The minimum Gasteiger partial charge on any atom is -0.352 e. The van der Waals surface area contributed by atoms with Crippen LogP contribution in [0.3, 0.4) is 0 Å². The number of pyridine rings is 1. The molecule has 120 valence electrons. The van der Waals surface area contributed by atoms with Crippen molar-refractivity contribution in [2.75, 3.05) is 6.54 Å². The molecule has 2 rings (SSSR count). The van der Waals surface area contributed by atoms with E-state index in [0.717, 1.165) is 11.8 Å². The summed E-state index contributed by atoms with van der Waals surface area (Å²) in [6, 6.07) is 9.13. The quantitative estimate of drug-likeness (QED) is 0.851. The number of hydrogen-bond donors (Lipinski definition) is 2. The predicted octanol–water partition coefficient (Wildman–Crippen LogP) is 2.31. The number of nitrogens with one attached hydrogen (secondary N) is 2. The molecule has 0 spiro atoms. The van der Waals surface area contributed by atoms with Crippen LogP contribution in [0.2, 0.25) is 5.02 Å². The maximum absolute atomic E-state index is 13.0. The molecule has 2 amide bonds. The second kappa shape index (κ2) is 8.24. The van der Waals surface area contributed by atoms with Crippen LogP contribution in [-0.4, -0.2) is 23.3 Å². The first kappa shape index (κ1) is 16.9. The molecule has 5 nitrogen and oxygen atoms in total. The number of rotatable bonds is 6. The number of carbonyl (C=O) groups is 2.